The number of nitrogens with one attached hydrogen (secondary N) is 1. The Morgan fingerprint density at radius 3 is 2.53 bits per heavy atom. The number of hydrogen-bond acceptors (Lipinski definition) is 6. The number of amides is 2. The van der Waals surface area contributed by atoms with E-state index in [2.05, 4.69) is 26.1 Å². The minimum Gasteiger partial charge on any atom is -0.497 e. The van der Waals surface area contributed by atoms with Crippen LogP contribution >= 0.6 is 27.3 Å². The molecule has 1 fully saturated rings. The minimum atomic E-state index is -0.187. The largest absolute Gasteiger partial charge is 0.497 e. The van der Waals surface area contributed by atoms with Crippen molar-refractivity contribution in [3.63, 3.8) is 0 Å². The molecule has 1 aliphatic heterocycles. The highest BCUT2D eigenvalue weighted by Gasteiger charge is 2.24. The molecular weight excluding hydrogens is 470 g/mol. The van der Waals surface area contributed by atoms with E-state index in [4.69, 9.17) is 9.47 Å². The summed E-state index contributed by atoms with van der Waals surface area (Å²) in [6.45, 7) is 3.42. The molecule has 30 heavy (non-hydrogen) atoms. The fourth-order valence-corrected chi connectivity index (χ4v) is 4.72. The summed E-state index contributed by atoms with van der Waals surface area (Å²) in [5.41, 5.74) is 1.10. The van der Waals surface area contributed by atoms with E-state index >= 15 is 0 Å². The standard InChI is InChI=1S/C21H26BrN3O4S/c1-24(21(27)18-7-8-19(22)30-18)14-20(26)23-13-17(25-9-11-29-12-10-25)15-3-5-16(28-2)6-4-15/h3-8,17H,9-14H2,1-2H3,(H,23,26). The van der Waals surface area contributed by atoms with Gasteiger partial charge < -0.3 is 19.7 Å². The van der Waals surface area contributed by atoms with Crippen molar-refractivity contribution in [3.05, 3.63) is 50.6 Å². The number of rotatable bonds is 8. The van der Waals surface area contributed by atoms with Crippen LogP contribution in [0.25, 0.3) is 0 Å². The Morgan fingerprint density at radius 2 is 1.93 bits per heavy atom. The van der Waals surface area contributed by atoms with E-state index in [1.807, 2.05) is 30.3 Å². The van der Waals surface area contributed by atoms with Gasteiger partial charge in [0.1, 0.15) is 5.75 Å². The van der Waals surface area contributed by atoms with Crippen LogP contribution in [0.15, 0.2) is 40.2 Å². The zero-order valence-corrected chi connectivity index (χ0v) is 19.5. The first-order chi connectivity index (χ1) is 14.5. The molecule has 2 heterocycles. The monoisotopic (exact) mass is 495 g/mol. The lowest BCUT2D eigenvalue weighted by atomic mass is 10.0. The van der Waals surface area contributed by atoms with E-state index in [1.54, 1.807) is 20.2 Å². The number of halogens is 1. The van der Waals surface area contributed by atoms with Crippen LogP contribution in [-0.4, -0.2) is 75.2 Å². The summed E-state index contributed by atoms with van der Waals surface area (Å²) in [7, 11) is 3.28. The Bertz CT molecular complexity index is 852. The molecule has 0 radical (unpaired) electrons. The molecule has 1 N–H and O–H groups in total. The topological polar surface area (TPSA) is 71.1 Å². The summed E-state index contributed by atoms with van der Waals surface area (Å²) in [6.07, 6.45) is 0. The van der Waals surface area contributed by atoms with Crippen LogP contribution in [0.4, 0.5) is 0 Å². The molecule has 1 saturated heterocycles. The first-order valence-corrected chi connectivity index (χ1v) is 11.3. The first kappa shape index (κ1) is 22.7. The Hall–Kier alpha value is -1.94. The van der Waals surface area contributed by atoms with E-state index in [0.29, 0.717) is 24.6 Å². The van der Waals surface area contributed by atoms with Gasteiger partial charge in [-0.1, -0.05) is 12.1 Å². The number of carbonyl (C=O) groups excluding carboxylic acids is 2. The van der Waals surface area contributed by atoms with Crippen molar-refractivity contribution in [2.24, 2.45) is 0 Å². The molecule has 162 valence electrons. The SMILES string of the molecule is COc1ccc(C(CNC(=O)CN(C)C(=O)c2ccc(Br)s2)N2CCOCC2)cc1. The lowest BCUT2D eigenvalue weighted by Gasteiger charge is -2.35. The number of methoxy groups -OCH3 is 1. The van der Waals surface area contributed by atoms with Gasteiger partial charge in [-0.15, -0.1) is 11.3 Å². The van der Waals surface area contributed by atoms with Crippen LogP contribution in [-0.2, 0) is 9.53 Å². The lowest BCUT2D eigenvalue weighted by Crippen LogP contribution is -2.45. The molecule has 7 nitrogen and oxygen atoms in total. The zero-order chi connectivity index (χ0) is 21.5. The Balaban J connectivity index is 1.60. The van der Waals surface area contributed by atoms with Crippen LogP contribution in [0.1, 0.15) is 21.3 Å². The minimum absolute atomic E-state index is 0.00674. The average Bonchev–Trinajstić information content (AvgIpc) is 3.20. The van der Waals surface area contributed by atoms with Gasteiger partial charge in [0.2, 0.25) is 5.91 Å². The molecule has 0 aliphatic carbocycles. The normalized spacial score (nSPS) is 15.4. The van der Waals surface area contributed by atoms with Gasteiger partial charge in [0.05, 0.1) is 41.6 Å². The van der Waals surface area contributed by atoms with Crippen molar-refractivity contribution >= 4 is 39.1 Å². The maximum absolute atomic E-state index is 12.5. The first-order valence-electron chi connectivity index (χ1n) is 9.71. The molecule has 2 aromatic rings. The predicted molar refractivity (Wildman–Crippen MR) is 120 cm³/mol. The molecular formula is C21H26BrN3O4S. The maximum atomic E-state index is 12.5. The summed E-state index contributed by atoms with van der Waals surface area (Å²) >= 11 is 4.71. The van der Waals surface area contributed by atoms with E-state index in [9.17, 15) is 9.59 Å². The summed E-state index contributed by atoms with van der Waals surface area (Å²) in [6, 6.07) is 11.5. The molecule has 1 aromatic heterocycles. The maximum Gasteiger partial charge on any atom is 0.264 e. The highest BCUT2D eigenvalue weighted by molar-refractivity contribution is 9.11. The zero-order valence-electron chi connectivity index (χ0n) is 17.1. The molecule has 9 heteroatoms. The molecule has 1 atom stereocenters. The molecule has 3 rings (SSSR count). The van der Waals surface area contributed by atoms with Crippen molar-refractivity contribution in [3.8, 4) is 5.75 Å². The van der Waals surface area contributed by atoms with Crippen LogP contribution in [0.2, 0.25) is 0 Å². The van der Waals surface area contributed by atoms with Crippen molar-refractivity contribution < 1.29 is 19.1 Å². The van der Waals surface area contributed by atoms with Gasteiger partial charge in [0, 0.05) is 26.7 Å². The second-order valence-electron chi connectivity index (χ2n) is 7.01. The quantitative estimate of drug-likeness (QED) is 0.609. The molecule has 0 spiro atoms. The molecule has 0 bridgehead atoms. The molecule has 1 aromatic carbocycles. The van der Waals surface area contributed by atoms with Gasteiger partial charge in [-0.2, -0.15) is 0 Å². The van der Waals surface area contributed by atoms with E-state index < -0.39 is 0 Å². The van der Waals surface area contributed by atoms with Crippen LogP contribution in [0.5, 0.6) is 5.75 Å². The summed E-state index contributed by atoms with van der Waals surface area (Å²) < 4.78 is 11.6. The Kier molecular flexibility index (Phi) is 8.26. The third-order valence-corrected chi connectivity index (χ3v) is 6.60. The van der Waals surface area contributed by atoms with Gasteiger partial charge >= 0.3 is 0 Å². The van der Waals surface area contributed by atoms with Crippen LogP contribution in [0.3, 0.4) is 0 Å². The van der Waals surface area contributed by atoms with Crippen molar-refractivity contribution in [1.29, 1.82) is 0 Å². The summed E-state index contributed by atoms with van der Waals surface area (Å²) in [5, 5.41) is 3.00. The number of carbonyl (C=O) groups is 2. The highest BCUT2D eigenvalue weighted by atomic mass is 79.9. The molecule has 0 saturated carbocycles. The third-order valence-electron chi connectivity index (χ3n) is 4.99. The van der Waals surface area contributed by atoms with Gasteiger partial charge in [0.15, 0.2) is 0 Å². The fourth-order valence-electron chi connectivity index (χ4n) is 3.34. The van der Waals surface area contributed by atoms with E-state index in [1.165, 1.54) is 16.2 Å². The second-order valence-corrected chi connectivity index (χ2v) is 9.47. The van der Waals surface area contributed by atoms with Gasteiger partial charge in [-0.25, -0.2) is 0 Å². The summed E-state index contributed by atoms with van der Waals surface area (Å²) in [5.74, 6) is 0.442. The smallest absolute Gasteiger partial charge is 0.264 e. The number of hydrogen-bond donors (Lipinski definition) is 1. The van der Waals surface area contributed by atoms with Gasteiger partial charge in [0.25, 0.3) is 5.91 Å². The van der Waals surface area contributed by atoms with Gasteiger partial charge in [-0.3, -0.25) is 14.5 Å². The third kappa shape index (κ3) is 6.04. The number of benzene rings is 1. The number of ether oxygens (including phenoxy) is 2. The molecule has 2 amide bonds. The Morgan fingerprint density at radius 1 is 1.23 bits per heavy atom. The highest BCUT2D eigenvalue weighted by Crippen LogP contribution is 2.24. The van der Waals surface area contributed by atoms with Gasteiger partial charge in [-0.05, 0) is 45.8 Å². The summed E-state index contributed by atoms with van der Waals surface area (Å²) in [4.78, 5) is 29.3. The van der Waals surface area contributed by atoms with Crippen molar-refractivity contribution in [1.82, 2.24) is 15.1 Å². The number of morpholine rings is 1. The van der Waals surface area contributed by atoms with E-state index in [-0.39, 0.29) is 24.4 Å². The molecule has 1 aliphatic rings. The lowest BCUT2D eigenvalue weighted by molar-refractivity contribution is -0.121. The van der Waals surface area contributed by atoms with Crippen molar-refractivity contribution in [2.75, 3.05) is 53.6 Å². The van der Waals surface area contributed by atoms with Crippen LogP contribution < -0.4 is 10.1 Å². The number of nitrogens with zero attached hydrogens (tertiary/aromatic N) is 2. The fraction of sp³-hybridized carbons (Fsp3) is 0.429. The van der Waals surface area contributed by atoms with Crippen LogP contribution in [0, 0.1) is 0 Å². The van der Waals surface area contributed by atoms with Crippen molar-refractivity contribution in [2.45, 2.75) is 6.04 Å². The number of thiophene rings is 1. The average molecular weight is 496 g/mol. The Labute approximate surface area is 189 Å². The predicted octanol–water partition coefficient (Wildman–Crippen LogP) is 2.78. The van der Waals surface area contributed by atoms with E-state index in [0.717, 1.165) is 28.2 Å². The molecule has 1 unspecified atom stereocenters. The number of likely N-dealkylation sites (N-methyl/N-ethyl adjacent to an activating group) is 1. The second kappa shape index (κ2) is 10.9.